The van der Waals surface area contributed by atoms with Gasteiger partial charge in [0.1, 0.15) is 11.5 Å². The second-order valence-electron chi connectivity index (χ2n) is 6.60. The van der Waals surface area contributed by atoms with Gasteiger partial charge in [-0.25, -0.2) is 0 Å². The summed E-state index contributed by atoms with van der Waals surface area (Å²) in [7, 11) is 0. The first kappa shape index (κ1) is 19.9. The van der Waals surface area contributed by atoms with Gasteiger partial charge < -0.3 is 9.73 Å². The van der Waals surface area contributed by atoms with Crippen molar-refractivity contribution in [2.75, 3.05) is 5.32 Å². The molecule has 3 N–H and O–H groups in total. The average Bonchev–Trinajstić information content (AvgIpc) is 3.04. The number of amides is 3. The predicted octanol–water partition coefficient (Wildman–Crippen LogP) is 3.53. The lowest BCUT2D eigenvalue weighted by atomic mass is 10.1. The monoisotopic (exact) mass is 391 g/mol. The third kappa shape index (κ3) is 4.70. The summed E-state index contributed by atoms with van der Waals surface area (Å²) in [6, 6.07) is 15.3. The van der Waals surface area contributed by atoms with E-state index in [0.29, 0.717) is 28.3 Å². The molecule has 0 unspecified atom stereocenters. The number of hydrogen-bond donors (Lipinski definition) is 3. The van der Waals surface area contributed by atoms with Crippen LogP contribution in [-0.4, -0.2) is 17.7 Å². The van der Waals surface area contributed by atoms with E-state index in [4.69, 9.17) is 4.42 Å². The number of benzene rings is 2. The summed E-state index contributed by atoms with van der Waals surface area (Å²) in [5.41, 5.74) is 7.05. The Morgan fingerprint density at radius 1 is 0.759 bits per heavy atom. The Morgan fingerprint density at radius 3 is 2.10 bits per heavy atom. The summed E-state index contributed by atoms with van der Waals surface area (Å²) in [4.78, 5) is 37.3. The van der Waals surface area contributed by atoms with E-state index in [1.807, 2.05) is 13.0 Å². The lowest BCUT2D eigenvalue weighted by Crippen LogP contribution is -2.42. The normalized spacial score (nSPS) is 10.3. The molecule has 2 aromatic carbocycles. The molecule has 0 saturated carbocycles. The molecule has 3 rings (SSSR count). The van der Waals surface area contributed by atoms with E-state index in [2.05, 4.69) is 16.2 Å². The third-order valence-electron chi connectivity index (χ3n) is 4.28. The van der Waals surface area contributed by atoms with E-state index < -0.39 is 11.8 Å². The summed E-state index contributed by atoms with van der Waals surface area (Å²) in [6.45, 7) is 5.29. The quantitative estimate of drug-likeness (QED) is 0.592. The standard InChI is InChI=1S/C22H21N3O4/c1-13-7-6-8-16(11-13)20(26)23-19-10-5-4-9-17(19)21(27)24-25-22(28)18-12-14(2)29-15(18)3/h4-12H,1-3H3,(H,23,26)(H,24,27)(H,25,28). The maximum Gasteiger partial charge on any atom is 0.273 e. The highest BCUT2D eigenvalue weighted by Gasteiger charge is 2.17. The number of furan rings is 1. The van der Waals surface area contributed by atoms with Crippen molar-refractivity contribution in [3.8, 4) is 0 Å². The maximum atomic E-state index is 12.6. The fourth-order valence-electron chi connectivity index (χ4n) is 2.88. The van der Waals surface area contributed by atoms with Gasteiger partial charge >= 0.3 is 0 Å². The minimum absolute atomic E-state index is 0.217. The summed E-state index contributed by atoms with van der Waals surface area (Å²) >= 11 is 0. The fraction of sp³-hybridized carbons (Fsp3) is 0.136. The molecule has 0 aliphatic heterocycles. The SMILES string of the molecule is Cc1cccc(C(=O)Nc2ccccc2C(=O)NNC(=O)c2cc(C)oc2C)c1. The van der Waals surface area contributed by atoms with Gasteiger partial charge in [-0.05, 0) is 51.1 Å². The number of carbonyl (C=O) groups excluding carboxylic acids is 3. The second-order valence-corrected chi connectivity index (χ2v) is 6.60. The molecular weight excluding hydrogens is 370 g/mol. The molecule has 3 amide bonds. The first-order valence-corrected chi connectivity index (χ1v) is 9.00. The number of anilines is 1. The second kappa shape index (κ2) is 8.43. The van der Waals surface area contributed by atoms with E-state index in [0.717, 1.165) is 5.56 Å². The molecule has 0 atom stereocenters. The van der Waals surface area contributed by atoms with Crippen molar-refractivity contribution in [3.63, 3.8) is 0 Å². The van der Waals surface area contributed by atoms with Crippen molar-refractivity contribution in [1.82, 2.24) is 10.9 Å². The number of aryl methyl sites for hydroxylation is 3. The molecule has 0 aliphatic carbocycles. The molecule has 0 radical (unpaired) electrons. The number of carbonyl (C=O) groups is 3. The molecule has 3 aromatic rings. The van der Waals surface area contributed by atoms with Gasteiger partial charge in [0.15, 0.2) is 0 Å². The van der Waals surface area contributed by atoms with Gasteiger partial charge in [-0.1, -0.05) is 29.8 Å². The van der Waals surface area contributed by atoms with E-state index in [-0.39, 0.29) is 11.5 Å². The highest BCUT2D eigenvalue weighted by atomic mass is 16.3. The molecule has 29 heavy (non-hydrogen) atoms. The van der Waals surface area contributed by atoms with Crippen LogP contribution in [0.2, 0.25) is 0 Å². The van der Waals surface area contributed by atoms with Crippen LogP contribution in [0.3, 0.4) is 0 Å². The summed E-state index contributed by atoms with van der Waals surface area (Å²) in [5.74, 6) is -0.323. The van der Waals surface area contributed by atoms with Crippen molar-refractivity contribution >= 4 is 23.4 Å². The molecular formula is C22H21N3O4. The van der Waals surface area contributed by atoms with E-state index in [1.54, 1.807) is 62.4 Å². The summed E-state index contributed by atoms with van der Waals surface area (Å²) < 4.78 is 5.32. The molecule has 0 bridgehead atoms. The van der Waals surface area contributed by atoms with Crippen LogP contribution in [0.15, 0.2) is 59.0 Å². The molecule has 0 saturated heterocycles. The van der Waals surface area contributed by atoms with Crippen LogP contribution in [0.4, 0.5) is 5.69 Å². The molecule has 0 spiro atoms. The number of nitrogens with one attached hydrogen (secondary N) is 3. The van der Waals surface area contributed by atoms with Crippen molar-refractivity contribution < 1.29 is 18.8 Å². The number of hydrogen-bond acceptors (Lipinski definition) is 4. The van der Waals surface area contributed by atoms with E-state index in [1.165, 1.54) is 0 Å². The largest absolute Gasteiger partial charge is 0.466 e. The zero-order valence-electron chi connectivity index (χ0n) is 16.3. The lowest BCUT2D eigenvalue weighted by molar-refractivity contribution is 0.0846. The first-order chi connectivity index (χ1) is 13.8. The summed E-state index contributed by atoms with van der Waals surface area (Å²) in [6.07, 6.45) is 0. The van der Waals surface area contributed by atoms with Gasteiger partial charge in [-0.2, -0.15) is 0 Å². The third-order valence-corrected chi connectivity index (χ3v) is 4.28. The molecule has 7 nitrogen and oxygen atoms in total. The zero-order valence-corrected chi connectivity index (χ0v) is 16.3. The van der Waals surface area contributed by atoms with Crippen LogP contribution < -0.4 is 16.2 Å². The van der Waals surface area contributed by atoms with Crippen molar-refractivity contribution in [3.05, 3.63) is 88.4 Å². The molecule has 148 valence electrons. The van der Waals surface area contributed by atoms with Crippen LogP contribution in [0.1, 0.15) is 48.2 Å². The van der Waals surface area contributed by atoms with Crippen molar-refractivity contribution in [2.24, 2.45) is 0 Å². The summed E-state index contributed by atoms with van der Waals surface area (Å²) in [5, 5.41) is 2.74. The van der Waals surface area contributed by atoms with Crippen LogP contribution in [0, 0.1) is 20.8 Å². The Labute approximate surface area is 168 Å². The molecule has 0 aliphatic rings. The predicted molar refractivity (Wildman–Crippen MR) is 109 cm³/mol. The molecule has 1 aromatic heterocycles. The van der Waals surface area contributed by atoms with E-state index >= 15 is 0 Å². The highest BCUT2D eigenvalue weighted by molar-refractivity contribution is 6.09. The Balaban J connectivity index is 1.71. The van der Waals surface area contributed by atoms with Gasteiger partial charge in [0, 0.05) is 5.56 Å². The Morgan fingerprint density at radius 2 is 1.45 bits per heavy atom. The van der Waals surface area contributed by atoms with Crippen molar-refractivity contribution in [1.29, 1.82) is 0 Å². The average molecular weight is 391 g/mol. The minimum atomic E-state index is -0.559. The van der Waals surface area contributed by atoms with Crippen LogP contribution in [0.5, 0.6) is 0 Å². The van der Waals surface area contributed by atoms with Gasteiger partial charge in [0.05, 0.1) is 16.8 Å². The van der Waals surface area contributed by atoms with Crippen LogP contribution >= 0.6 is 0 Å². The highest BCUT2D eigenvalue weighted by Crippen LogP contribution is 2.17. The zero-order chi connectivity index (χ0) is 21.0. The Bertz CT molecular complexity index is 1090. The molecule has 7 heteroatoms. The van der Waals surface area contributed by atoms with Gasteiger partial charge in [-0.15, -0.1) is 0 Å². The number of hydrazine groups is 1. The fourth-order valence-corrected chi connectivity index (χ4v) is 2.88. The van der Waals surface area contributed by atoms with Crippen LogP contribution in [0.25, 0.3) is 0 Å². The van der Waals surface area contributed by atoms with E-state index in [9.17, 15) is 14.4 Å². The topological polar surface area (TPSA) is 100 Å². The van der Waals surface area contributed by atoms with Gasteiger partial charge in [0.2, 0.25) is 0 Å². The molecule has 1 heterocycles. The Hall–Kier alpha value is -3.87. The smallest absolute Gasteiger partial charge is 0.273 e. The van der Waals surface area contributed by atoms with Crippen molar-refractivity contribution in [2.45, 2.75) is 20.8 Å². The van der Waals surface area contributed by atoms with Crippen LogP contribution in [-0.2, 0) is 0 Å². The maximum absolute atomic E-state index is 12.6. The van der Waals surface area contributed by atoms with Gasteiger partial charge in [0.25, 0.3) is 17.7 Å². The Kier molecular flexibility index (Phi) is 5.78. The molecule has 0 fully saturated rings. The minimum Gasteiger partial charge on any atom is -0.466 e. The first-order valence-electron chi connectivity index (χ1n) is 9.00. The lowest BCUT2D eigenvalue weighted by Gasteiger charge is -2.12. The van der Waals surface area contributed by atoms with Gasteiger partial charge in [-0.3, -0.25) is 25.2 Å². The number of rotatable bonds is 4. The number of para-hydroxylation sites is 1.